The van der Waals surface area contributed by atoms with Gasteiger partial charge in [0, 0.05) is 19.5 Å². The summed E-state index contributed by atoms with van der Waals surface area (Å²) >= 11 is 1.58. The van der Waals surface area contributed by atoms with E-state index in [0.717, 1.165) is 47.4 Å². The minimum absolute atomic E-state index is 0.00823. The number of β-amino-alcohol motifs (C(OH)–C–C–N with tert-alkyl or cyclic N) is 1. The molecule has 10 heteroatoms. The molecule has 1 aromatic heterocycles. The number of aryl methyl sites for hydroxylation is 1. The van der Waals surface area contributed by atoms with Crippen molar-refractivity contribution in [3.8, 4) is 10.4 Å². The average Bonchev–Trinajstić information content (AvgIpc) is 3.38. The molecule has 8 nitrogen and oxygen atoms in total. The van der Waals surface area contributed by atoms with Gasteiger partial charge in [0.25, 0.3) is 5.91 Å². The van der Waals surface area contributed by atoms with Crippen LogP contribution < -0.4 is 10.6 Å². The van der Waals surface area contributed by atoms with E-state index in [1.807, 2.05) is 36.7 Å². The van der Waals surface area contributed by atoms with Crippen molar-refractivity contribution in [3.05, 3.63) is 41.0 Å². The van der Waals surface area contributed by atoms with Gasteiger partial charge in [-0.15, -0.1) is 11.3 Å². The SMILES string of the molecule is Cc1ncsc1-c1ccc(CNC(=O)[C@@H]2C[C@@H](O)CN2C(=O)[C@@H](NC(=O)C2(F)CC2)C2CCC(C(C)C)CC2)cc1. The van der Waals surface area contributed by atoms with E-state index in [1.54, 1.807) is 11.3 Å². The van der Waals surface area contributed by atoms with Gasteiger partial charge >= 0.3 is 0 Å². The second-order valence-electron chi connectivity index (χ2n) is 12.4. The first-order chi connectivity index (χ1) is 19.6. The number of carbonyl (C=O) groups excluding carboxylic acids is 3. The minimum atomic E-state index is -1.90. The quantitative estimate of drug-likeness (QED) is 0.410. The lowest BCUT2D eigenvalue weighted by atomic mass is 9.74. The molecule has 3 N–H and O–H groups in total. The number of amides is 3. The lowest BCUT2D eigenvalue weighted by Gasteiger charge is -2.37. The Hall–Kier alpha value is -2.85. The monoisotopic (exact) mass is 584 g/mol. The van der Waals surface area contributed by atoms with Crippen molar-refractivity contribution in [3.63, 3.8) is 0 Å². The van der Waals surface area contributed by atoms with Gasteiger partial charge in [0.2, 0.25) is 11.8 Å². The highest BCUT2D eigenvalue weighted by atomic mass is 32.1. The van der Waals surface area contributed by atoms with Gasteiger partial charge in [-0.2, -0.15) is 0 Å². The van der Waals surface area contributed by atoms with Crippen LogP contribution in [0.15, 0.2) is 29.8 Å². The molecular formula is C31H41FN4O4S. The summed E-state index contributed by atoms with van der Waals surface area (Å²) in [6.07, 6.45) is 2.99. The number of hydrogen-bond donors (Lipinski definition) is 3. The Labute approximate surface area is 245 Å². The van der Waals surface area contributed by atoms with Crippen LogP contribution in [-0.2, 0) is 20.9 Å². The van der Waals surface area contributed by atoms with Crippen LogP contribution in [-0.4, -0.2) is 63.1 Å². The number of carbonyl (C=O) groups is 3. The topological polar surface area (TPSA) is 112 Å². The summed E-state index contributed by atoms with van der Waals surface area (Å²) in [5, 5.41) is 16.1. The highest BCUT2D eigenvalue weighted by molar-refractivity contribution is 7.13. The Balaban J connectivity index is 1.26. The van der Waals surface area contributed by atoms with Crippen molar-refractivity contribution in [2.24, 2.45) is 17.8 Å². The van der Waals surface area contributed by atoms with Gasteiger partial charge in [-0.25, -0.2) is 9.37 Å². The first-order valence-corrected chi connectivity index (χ1v) is 15.7. The van der Waals surface area contributed by atoms with Gasteiger partial charge < -0.3 is 20.6 Å². The van der Waals surface area contributed by atoms with Crippen LogP contribution in [0.25, 0.3) is 10.4 Å². The standard InChI is InChI=1S/C31H41FN4O4S/c1-18(2)21-8-10-22(11-9-21)26(35-30(40)31(32)12-13-31)29(39)36-16-24(37)14-25(36)28(38)33-15-20-4-6-23(7-5-20)27-19(3)34-17-41-27/h4-7,17-18,21-22,24-26,37H,8-16H2,1-3H3,(H,33,38)(H,35,40)/t21?,22?,24-,25+,26+/m1/s1. The van der Waals surface area contributed by atoms with E-state index in [1.165, 1.54) is 4.90 Å². The maximum atomic E-state index is 14.6. The number of aromatic nitrogens is 1. The van der Waals surface area contributed by atoms with E-state index < -0.39 is 35.7 Å². The summed E-state index contributed by atoms with van der Waals surface area (Å²) in [7, 11) is 0. The van der Waals surface area contributed by atoms with E-state index in [9.17, 15) is 23.9 Å². The maximum absolute atomic E-state index is 14.6. The molecule has 222 valence electrons. The summed E-state index contributed by atoms with van der Waals surface area (Å²) in [5.41, 5.74) is 2.86. The molecule has 0 unspecified atom stereocenters. The average molecular weight is 585 g/mol. The number of rotatable bonds is 9. The predicted molar refractivity (Wildman–Crippen MR) is 156 cm³/mol. The van der Waals surface area contributed by atoms with Crippen molar-refractivity contribution in [2.45, 2.75) is 96.1 Å². The van der Waals surface area contributed by atoms with Crippen LogP contribution in [0.2, 0.25) is 0 Å². The van der Waals surface area contributed by atoms with Crippen LogP contribution in [0.1, 0.15) is 70.1 Å². The Morgan fingerprint density at radius 2 is 1.78 bits per heavy atom. The van der Waals surface area contributed by atoms with Crippen LogP contribution in [0.4, 0.5) is 4.39 Å². The van der Waals surface area contributed by atoms with E-state index in [2.05, 4.69) is 29.5 Å². The van der Waals surface area contributed by atoms with Crippen molar-refractivity contribution >= 4 is 29.1 Å². The highest BCUT2D eigenvalue weighted by Gasteiger charge is 2.53. The molecule has 3 fully saturated rings. The van der Waals surface area contributed by atoms with Gasteiger partial charge in [-0.1, -0.05) is 38.1 Å². The molecule has 0 radical (unpaired) electrons. The number of nitrogens with zero attached hydrogens (tertiary/aromatic N) is 2. The van der Waals surface area contributed by atoms with Crippen LogP contribution in [0, 0.1) is 24.7 Å². The van der Waals surface area contributed by atoms with E-state index in [4.69, 9.17) is 0 Å². The Bertz CT molecular complexity index is 1250. The number of thiazole rings is 1. The van der Waals surface area contributed by atoms with Crippen molar-refractivity contribution < 1.29 is 23.9 Å². The minimum Gasteiger partial charge on any atom is -0.391 e. The van der Waals surface area contributed by atoms with Gasteiger partial charge in [-0.05, 0) is 74.3 Å². The summed E-state index contributed by atoms with van der Waals surface area (Å²) < 4.78 is 14.6. The zero-order valence-corrected chi connectivity index (χ0v) is 24.9. The van der Waals surface area contributed by atoms with Crippen LogP contribution in [0.3, 0.4) is 0 Å². The third-order valence-corrected chi connectivity index (χ3v) is 10.2. The first-order valence-electron chi connectivity index (χ1n) is 14.8. The van der Waals surface area contributed by atoms with Gasteiger partial charge in [-0.3, -0.25) is 14.4 Å². The van der Waals surface area contributed by atoms with E-state index in [-0.39, 0.29) is 44.2 Å². The number of likely N-dealkylation sites (tertiary alicyclic amines) is 1. The molecule has 0 bridgehead atoms. The second-order valence-corrected chi connectivity index (χ2v) is 13.3. The van der Waals surface area contributed by atoms with Gasteiger partial charge in [0.05, 0.1) is 22.2 Å². The molecule has 41 heavy (non-hydrogen) atoms. The van der Waals surface area contributed by atoms with Crippen LogP contribution >= 0.6 is 11.3 Å². The molecule has 1 aromatic carbocycles. The zero-order chi connectivity index (χ0) is 29.3. The fraction of sp³-hybridized carbons (Fsp3) is 0.613. The largest absolute Gasteiger partial charge is 0.391 e. The molecule has 3 aliphatic rings. The molecule has 3 amide bonds. The molecule has 5 rings (SSSR count). The number of hydrogen-bond acceptors (Lipinski definition) is 6. The Kier molecular flexibility index (Phi) is 8.80. The van der Waals surface area contributed by atoms with E-state index >= 15 is 0 Å². The molecular weight excluding hydrogens is 543 g/mol. The highest BCUT2D eigenvalue weighted by Crippen LogP contribution is 2.41. The van der Waals surface area contributed by atoms with Gasteiger partial charge in [0.15, 0.2) is 5.67 Å². The van der Waals surface area contributed by atoms with Crippen molar-refractivity contribution in [2.75, 3.05) is 6.54 Å². The lowest BCUT2D eigenvalue weighted by Crippen LogP contribution is -2.57. The maximum Gasteiger partial charge on any atom is 0.258 e. The lowest BCUT2D eigenvalue weighted by molar-refractivity contribution is -0.144. The van der Waals surface area contributed by atoms with E-state index in [0.29, 0.717) is 11.8 Å². The number of benzene rings is 1. The Morgan fingerprint density at radius 1 is 1.12 bits per heavy atom. The zero-order valence-electron chi connectivity index (χ0n) is 24.1. The van der Waals surface area contributed by atoms with Crippen LogP contribution in [0.5, 0.6) is 0 Å². The summed E-state index contributed by atoms with van der Waals surface area (Å²) in [6.45, 7) is 6.64. The summed E-state index contributed by atoms with van der Waals surface area (Å²) in [4.78, 5) is 46.8. The van der Waals surface area contributed by atoms with Crippen molar-refractivity contribution in [1.29, 1.82) is 0 Å². The van der Waals surface area contributed by atoms with Gasteiger partial charge in [0.1, 0.15) is 12.1 Å². The smallest absolute Gasteiger partial charge is 0.258 e. The van der Waals surface area contributed by atoms with Crippen molar-refractivity contribution in [1.82, 2.24) is 20.5 Å². The molecule has 2 aromatic rings. The predicted octanol–water partition coefficient (Wildman–Crippen LogP) is 4.15. The molecule has 1 aliphatic heterocycles. The normalized spacial score (nSPS) is 26.0. The molecule has 2 heterocycles. The summed E-state index contributed by atoms with van der Waals surface area (Å²) in [6, 6.07) is 6.12. The molecule has 0 spiro atoms. The summed E-state index contributed by atoms with van der Waals surface area (Å²) in [5.74, 6) is -0.534. The molecule has 2 aliphatic carbocycles. The Morgan fingerprint density at radius 3 is 2.37 bits per heavy atom. The molecule has 3 atom stereocenters. The second kappa shape index (κ2) is 12.2. The number of halogens is 1. The molecule has 2 saturated carbocycles. The number of aliphatic hydroxyl groups excluding tert-OH is 1. The fourth-order valence-electron chi connectivity index (χ4n) is 6.28. The fourth-order valence-corrected chi connectivity index (χ4v) is 7.09. The third-order valence-electron chi connectivity index (χ3n) is 9.17. The molecule has 1 saturated heterocycles. The number of alkyl halides is 1. The number of nitrogens with one attached hydrogen (secondary N) is 2. The first kappa shape index (κ1) is 29.6. The number of aliphatic hydroxyl groups is 1. The third kappa shape index (κ3) is 6.64.